The second-order valence-electron chi connectivity index (χ2n) is 4.40. The Hall–Kier alpha value is -1.62. The molecule has 102 valence electrons. The van der Waals surface area contributed by atoms with E-state index in [1.165, 1.54) is 19.1 Å². The van der Waals surface area contributed by atoms with E-state index in [0.717, 1.165) is 0 Å². The van der Waals surface area contributed by atoms with Crippen LogP contribution in [0.3, 0.4) is 0 Å². The average molecular weight is 272 g/mol. The maximum absolute atomic E-state index is 13.3. The first-order chi connectivity index (χ1) is 8.85. The van der Waals surface area contributed by atoms with Gasteiger partial charge in [0, 0.05) is 0 Å². The molecule has 0 fully saturated rings. The van der Waals surface area contributed by atoms with Gasteiger partial charge in [0.1, 0.15) is 6.10 Å². The lowest BCUT2D eigenvalue weighted by atomic mass is 9.93. The third-order valence-corrected chi connectivity index (χ3v) is 3.12. The SMILES string of the molecule is Cc1ccc2ccccc2c1C(O)C(F)(F)C(F)F. The summed E-state index contributed by atoms with van der Waals surface area (Å²) in [6, 6.07) is 9.75. The fraction of sp³-hybridized carbons (Fsp3) is 0.286. The molecule has 1 atom stereocenters. The van der Waals surface area contributed by atoms with Crippen molar-refractivity contribution in [2.75, 3.05) is 0 Å². The highest BCUT2D eigenvalue weighted by Gasteiger charge is 2.49. The van der Waals surface area contributed by atoms with Crippen LogP contribution in [-0.2, 0) is 0 Å². The van der Waals surface area contributed by atoms with Crippen molar-refractivity contribution in [3.05, 3.63) is 47.5 Å². The first-order valence-corrected chi connectivity index (χ1v) is 5.68. The van der Waals surface area contributed by atoms with Gasteiger partial charge >= 0.3 is 12.3 Å². The van der Waals surface area contributed by atoms with E-state index in [1.807, 2.05) is 0 Å². The standard InChI is InChI=1S/C14H12F4O/c1-8-6-7-9-4-2-3-5-10(9)11(8)12(19)14(17,18)13(15)16/h2-7,12-13,19H,1H3. The summed E-state index contributed by atoms with van der Waals surface area (Å²) < 4.78 is 51.4. The molecule has 2 aromatic rings. The van der Waals surface area contributed by atoms with Gasteiger partial charge in [-0.1, -0.05) is 36.4 Å². The molecule has 1 nitrogen and oxygen atoms in total. The lowest BCUT2D eigenvalue weighted by Crippen LogP contribution is -2.34. The zero-order valence-corrected chi connectivity index (χ0v) is 10.1. The van der Waals surface area contributed by atoms with Gasteiger partial charge in [0.2, 0.25) is 0 Å². The zero-order valence-electron chi connectivity index (χ0n) is 10.1. The average Bonchev–Trinajstić information content (AvgIpc) is 2.37. The minimum atomic E-state index is -4.48. The number of fused-ring (bicyclic) bond motifs is 1. The van der Waals surface area contributed by atoms with E-state index in [0.29, 0.717) is 16.3 Å². The minimum Gasteiger partial charge on any atom is -0.382 e. The maximum atomic E-state index is 13.3. The molecule has 0 saturated heterocycles. The number of hydrogen-bond acceptors (Lipinski definition) is 1. The van der Waals surface area contributed by atoms with Crippen molar-refractivity contribution in [3.63, 3.8) is 0 Å². The van der Waals surface area contributed by atoms with Crippen molar-refractivity contribution in [2.24, 2.45) is 0 Å². The molecule has 2 aromatic carbocycles. The predicted octanol–water partition coefficient (Wildman–Crippen LogP) is 4.08. The number of aliphatic hydroxyl groups is 1. The maximum Gasteiger partial charge on any atom is 0.336 e. The van der Waals surface area contributed by atoms with E-state index in [1.54, 1.807) is 24.3 Å². The lowest BCUT2D eigenvalue weighted by molar-refractivity contribution is -0.193. The van der Waals surface area contributed by atoms with Crippen molar-refractivity contribution >= 4 is 10.8 Å². The van der Waals surface area contributed by atoms with Gasteiger partial charge in [0.25, 0.3) is 0 Å². The van der Waals surface area contributed by atoms with Crippen LogP contribution >= 0.6 is 0 Å². The molecule has 0 saturated carbocycles. The van der Waals surface area contributed by atoms with E-state index < -0.39 is 18.5 Å². The van der Waals surface area contributed by atoms with Crippen LogP contribution in [0.25, 0.3) is 10.8 Å². The summed E-state index contributed by atoms with van der Waals surface area (Å²) in [5, 5.41) is 10.6. The number of alkyl halides is 4. The summed E-state index contributed by atoms with van der Waals surface area (Å²) >= 11 is 0. The van der Waals surface area contributed by atoms with Crippen LogP contribution in [0.5, 0.6) is 0 Å². The summed E-state index contributed by atoms with van der Waals surface area (Å²) in [5.74, 6) is -4.48. The van der Waals surface area contributed by atoms with Crippen LogP contribution in [-0.4, -0.2) is 17.5 Å². The molecule has 19 heavy (non-hydrogen) atoms. The second-order valence-corrected chi connectivity index (χ2v) is 4.40. The lowest BCUT2D eigenvalue weighted by Gasteiger charge is -2.24. The second kappa shape index (κ2) is 4.81. The number of benzene rings is 2. The molecule has 0 aliphatic carbocycles. The third kappa shape index (κ3) is 2.30. The molecule has 0 amide bonds. The number of halogens is 4. The Morgan fingerprint density at radius 1 is 1.05 bits per heavy atom. The molecular formula is C14H12F4O. The summed E-state index contributed by atoms with van der Waals surface area (Å²) in [6.45, 7) is 1.51. The molecule has 0 spiro atoms. The Balaban J connectivity index is 2.65. The van der Waals surface area contributed by atoms with Gasteiger partial charge in [-0.2, -0.15) is 8.78 Å². The number of aryl methyl sites for hydroxylation is 1. The number of aliphatic hydroxyl groups excluding tert-OH is 1. The van der Waals surface area contributed by atoms with Gasteiger partial charge in [0.15, 0.2) is 0 Å². The first kappa shape index (κ1) is 13.8. The smallest absolute Gasteiger partial charge is 0.336 e. The Kier molecular flexibility index (Phi) is 3.49. The van der Waals surface area contributed by atoms with Crippen LogP contribution in [0.1, 0.15) is 17.2 Å². The number of rotatable bonds is 3. The van der Waals surface area contributed by atoms with Crippen LogP contribution < -0.4 is 0 Å². The molecule has 0 heterocycles. The van der Waals surface area contributed by atoms with E-state index >= 15 is 0 Å². The monoisotopic (exact) mass is 272 g/mol. The van der Waals surface area contributed by atoms with Crippen molar-refractivity contribution in [2.45, 2.75) is 25.4 Å². The third-order valence-electron chi connectivity index (χ3n) is 3.12. The molecule has 0 bridgehead atoms. The summed E-state index contributed by atoms with van der Waals surface area (Å²) in [7, 11) is 0. The Morgan fingerprint density at radius 2 is 1.68 bits per heavy atom. The Bertz CT molecular complexity index is 595. The summed E-state index contributed by atoms with van der Waals surface area (Å²) in [5.41, 5.74) is 0.204. The number of hydrogen-bond donors (Lipinski definition) is 1. The van der Waals surface area contributed by atoms with E-state index in [-0.39, 0.29) is 5.56 Å². The van der Waals surface area contributed by atoms with Crippen molar-refractivity contribution in [1.29, 1.82) is 0 Å². The fourth-order valence-corrected chi connectivity index (χ4v) is 2.08. The molecule has 5 heteroatoms. The van der Waals surface area contributed by atoms with Gasteiger partial charge in [0.05, 0.1) is 0 Å². The topological polar surface area (TPSA) is 20.2 Å². The van der Waals surface area contributed by atoms with E-state index in [9.17, 15) is 22.7 Å². The zero-order chi connectivity index (χ0) is 14.2. The van der Waals surface area contributed by atoms with Crippen molar-refractivity contribution < 1.29 is 22.7 Å². The summed E-state index contributed by atoms with van der Waals surface area (Å²) in [4.78, 5) is 0. The van der Waals surface area contributed by atoms with Crippen molar-refractivity contribution in [3.8, 4) is 0 Å². The highest BCUT2D eigenvalue weighted by Crippen LogP contribution is 2.40. The fourth-order valence-electron chi connectivity index (χ4n) is 2.08. The van der Waals surface area contributed by atoms with Crippen LogP contribution in [0.4, 0.5) is 17.6 Å². The normalized spacial score (nSPS) is 14.1. The molecule has 1 unspecified atom stereocenters. The van der Waals surface area contributed by atoms with Gasteiger partial charge in [-0.3, -0.25) is 0 Å². The van der Waals surface area contributed by atoms with E-state index in [4.69, 9.17) is 0 Å². The highest BCUT2D eigenvalue weighted by atomic mass is 19.3. The van der Waals surface area contributed by atoms with Crippen LogP contribution in [0, 0.1) is 6.92 Å². The molecule has 0 aromatic heterocycles. The molecule has 2 rings (SSSR count). The quantitative estimate of drug-likeness (QED) is 0.835. The van der Waals surface area contributed by atoms with Gasteiger partial charge < -0.3 is 5.11 Å². The summed E-state index contributed by atoms with van der Waals surface area (Å²) in [6.07, 6.45) is -6.44. The van der Waals surface area contributed by atoms with Crippen LogP contribution in [0.2, 0.25) is 0 Å². The predicted molar refractivity (Wildman–Crippen MR) is 64.6 cm³/mol. The van der Waals surface area contributed by atoms with Crippen molar-refractivity contribution in [1.82, 2.24) is 0 Å². The van der Waals surface area contributed by atoms with Gasteiger partial charge in [-0.05, 0) is 28.8 Å². The Labute approximate surface area is 107 Å². The highest BCUT2D eigenvalue weighted by molar-refractivity contribution is 5.87. The van der Waals surface area contributed by atoms with Crippen LogP contribution in [0.15, 0.2) is 36.4 Å². The largest absolute Gasteiger partial charge is 0.382 e. The van der Waals surface area contributed by atoms with Gasteiger partial charge in [-0.25, -0.2) is 8.78 Å². The molecule has 0 aliphatic heterocycles. The molecule has 1 N–H and O–H groups in total. The molecule has 0 aliphatic rings. The Morgan fingerprint density at radius 3 is 2.32 bits per heavy atom. The minimum absolute atomic E-state index is 0.150. The molecule has 0 radical (unpaired) electrons. The van der Waals surface area contributed by atoms with E-state index in [2.05, 4.69) is 0 Å². The van der Waals surface area contributed by atoms with Gasteiger partial charge in [-0.15, -0.1) is 0 Å². The first-order valence-electron chi connectivity index (χ1n) is 5.68. The molecular weight excluding hydrogens is 260 g/mol.